The van der Waals surface area contributed by atoms with Gasteiger partial charge in [0.15, 0.2) is 0 Å². The number of unbranched alkanes of at least 4 members (excludes halogenated alkanes) is 2. The molecule has 0 aliphatic rings. The lowest BCUT2D eigenvalue weighted by Crippen LogP contribution is -2.07. The lowest BCUT2D eigenvalue weighted by atomic mass is 10.0. The van der Waals surface area contributed by atoms with Crippen molar-refractivity contribution in [1.29, 1.82) is 0 Å². The van der Waals surface area contributed by atoms with E-state index >= 15 is 0 Å². The van der Waals surface area contributed by atoms with Crippen molar-refractivity contribution in [2.75, 3.05) is 7.11 Å². The molecule has 0 aliphatic carbocycles. The van der Waals surface area contributed by atoms with Gasteiger partial charge in [-0.3, -0.25) is 0 Å². The molecule has 1 rings (SSSR count). The summed E-state index contributed by atoms with van der Waals surface area (Å²) < 4.78 is 5.15. The van der Waals surface area contributed by atoms with Crippen LogP contribution in [0.1, 0.15) is 42.1 Å². The van der Waals surface area contributed by atoms with E-state index in [-0.39, 0.29) is 5.75 Å². The van der Waals surface area contributed by atoms with Gasteiger partial charge in [0.1, 0.15) is 5.75 Å². The van der Waals surface area contributed by atoms with Crippen LogP contribution in [0, 0.1) is 0 Å². The van der Waals surface area contributed by atoms with Crippen LogP contribution in [0.5, 0.6) is 5.75 Å². The minimum atomic E-state index is -0.417. The van der Waals surface area contributed by atoms with Crippen molar-refractivity contribution in [3.63, 3.8) is 0 Å². The van der Waals surface area contributed by atoms with E-state index in [0.29, 0.717) is 10.0 Å². The quantitative estimate of drug-likeness (QED) is 0.666. The lowest BCUT2D eigenvalue weighted by molar-refractivity contribution is 0.0598. The number of methoxy groups -OCH3 is 1. The highest BCUT2D eigenvalue weighted by atomic mass is 79.9. The van der Waals surface area contributed by atoms with Crippen molar-refractivity contribution in [3.8, 4) is 5.75 Å². The summed E-state index contributed by atoms with van der Waals surface area (Å²) in [4.78, 5) is 11.7. The van der Waals surface area contributed by atoms with Crippen molar-refractivity contribution in [2.45, 2.75) is 32.6 Å². The van der Waals surface area contributed by atoms with Crippen LogP contribution < -0.4 is 0 Å². The first kappa shape index (κ1) is 14.0. The summed E-state index contributed by atoms with van der Waals surface area (Å²) in [5.41, 5.74) is 1.35. The van der Waals surface area contributed by atoms with Gasteiger partial charge in [-0.15, -0.1) is 0 Å². The second-order valence-corrected chi connectivity index (χ2v) is 4.67. The minimum absolute atomic E-state index is 0.0599. The molecular formula is C13H17BrO3. The number of esters is 1. The van der Waals surface area contributed by atoms with Crippen LogP contribution in [-0.2, 0) is 11.2 Å². The summed E-state index contributed by atoms with van der Waals surface area (Å²) in [5, 5.41) is 9.59. The van der Waals surface area contributed by atoms with E-state index in [2.05, 4.69) is 22.9 Å². The Hall–Kier alpha value is -1.03. The average molecular weight is 301 g/mol. The number of halogens is 1. The maximum atomic E-state index is 11.7. The Morgan fingerprint density at radius 2 is 2.12 bits per heavy atom. The number of carbonyl (C=O) groups excluding carboxylic acids is 1. The SMILES string of the molecule is CCCCCc1ccc(O)c(Br)c1C(=O)OC. The largest absolute Gasteiger partial charge is 0.507 e. The summed E-state index contributed by atoms with van der Waals surface area (Å²) >= 11 is 3.23. The first-order valence-corrected chi connectivity index (χ1v) is 6.49. The number of aryl methyl sites for hydroxylation is 1. The topological polar surface area (TPSA) is 46.5 Å². The fourth-order valence-corrected chi connectivity index (χ4v) is 2.25. The monoisotopic (exact) mass is 300 g/mol. The van der Waals surface area contributed by atoms with E-state index < -0.39 is 5.97 Å². The molecule has 1 aromatic rings. The Kier molecular flexibility index (Phi) is 5.48. The predicted molar refractivity (Wildman–Crippen MR) is 70.4 cm³/mol. The van der Waals surface area contributed by atoms with E-state index in [4.69, 9.17) is 4.74 Å². The summed E-state index contributed by atoms with van der Waals surface area (Å²) in [6.07, 6.45) is 4.10. The molecule has 0 aromatic heterocycles. The fraction of sp³-hybridized carbons (Fsp3) is 0.462. The number of phenolic OH excluding ortho intramolecular Hbond substituents is 1. The lowest BCUT2D eigenvalue weighted by Gasteiger charge is -2.11. The molecule has 17 heavy (non-hydrogen) atoms. The zero-order chi connectivity index (χ0) is 12.8. The fourth-order valence-electron chi connectivity index (χ4n) is 1.70. The van der Waals surface area contributed by atoms with E-state index in [1.807, 2.05) is 0 Å². The van der Waals surface area contributed by atoms with Crippen LogP contribution >= 0.6 is 15.9 Å². The molecule has 0 fully saturated rings. The van der Waals surface area contributed by atoms with Crippen LogP contribution in [-0.4, -0.2) is 18.2 Å². The summed E-state index contributed by atoms with van der Waals surface area (Å²) in [5.74, 6) is -0.357. The van der Waals surface area contributed by atoms with Crippen LogP contribution in [0.3, 0.4) is 0 Å². The van der Waals surface area contributed by atoms with Gasteiger partial charge in [-0.25, -0.2) is 4.79 Å². The van der Waals surface area contributed by atoms with Gasteiger partial charge in [0.05, 0.1) is 17.1 Å². The van der Waals surface area contributed by atoms with Crippen LogP contribution in [0.15, 0.2) is 16.6 Å². The average Bonchev–Trinajstić information content (AvgIpc) is 2.33. The van der Waals surface area contributed by atoms with Gasteiger partial charge in [-0.1, -0.05) is 25.8 Å². The number of rotatable bonds is 5. The number of carbonyl (C=O) groups is 1. The number of aromatic hydroxyl groups is 1. The summed E-state index contributed by atoms with van der Waals surface area (Å²) in [7, 11) is 1.34. The molecule has 0 saturated carbocycles. The van der Waals surface area contributed by atoms with Crippen LogP contribution in [0.25, 0.3) is 0 Å². The highest BCUT2D eigenvalue weighted by Crippen LogP contribution is 2.31. The van der Waals surface area contributed by atoms with E-state index in [0.717, 1.165) is 31.2 Å². The highest BCUT2D eigenvalue weighted by Gasteiger charge is 2.18. The predicted octanol–water partition coefficient (Wildman–Crippen LogP) is 3.67. The molecule has 0 aliphatic heterocycles. The maximum absolute atomic E-state index is 11.7. The van der Waals surface area contributed by atoms with E-state index in [1.54, 1.807) is 12.1 Å². The van der Waals surface area contributed by atoms with Gasteiger partial charge in [-0.2, -0.15) is 0 Å². The molecule has 0 unspecified atom stereocenters. The molecule has 0 amide bonds. The Labute approximate surface area is 110 Å². The maximum Gasteiger partial charge on any atom is 0.339 e. The van der Waals surface area contributed by atoms with Crippen molar-refractivity contribution in [3.05, 3.63) is 27.7 Å². The Bertz CT molecular complexity index is 402. The number of ether oxygens (including phenoxy) is 1. The minimum Gasteiger partial charge on any atom is -0.507 e. The Morgan fingerprint density at radius 3 is 2.71 bits per heavy atom. The standard InChI is InChI=1S/C13H17BrO3/c1-3-4-5-6-9-7-8-10(15)12(14)11(9)13(16)17-2/h7-8,15H,3-6H2,1-2H3. The number of hydrogen-bond donors (Lipinski definition) is 1. The zero-order valence-corrected chi connectivity index (χ0v) is 11.7. The number of hydrogen-bond acceptors (Lipinski definition) is 3. The third-order valence-electron chi connectivity index (χ3n) is 2.65. The van der Waals surface area contributed by atoms with Gasteiger partial charge >= 0.3 is 5.97 Å². The third kappa shape index (κ3) is 3.46. The molecule has 0 bridgehead atoms. The molecular weight excluding hydrogens is 284 g/mol. The number of benzene rings is 1. The molecule has 0 radical (unpaired) electrons. The van der Waals surface area contributed by atoms with Crippen LogP contribution in [0.4, 0.5) is 0 Å². The molecule has 0 saturated heterocycles. The zero-order valence-electron chi connectivity index (χ0n) is 10.1. The van der Waals surface area contributed by atoms with Gasteiger partial charge in [0.2, 0.25) is 0 Å². The molecule has 0 atom stereocenters. The summed E-state index contributed by atoms with van der Waals surface area (Å²) in [6, 6.07) is 3.37. The molecule has 1 aromatic carbocycles. The van der Waals surface area contributed by atoms with Gasteiger partial charge in [-0.05, 0) is 40.4 Å². The van der Waals surface area contributed by atoms with E-state index in [1.165, 1.54) is 7.11 Å². The molecule has 0 heterocycles. The second kappa shape index (κ2) is 6.64. The van der Waals surface area contributed by atoms with E-state index in [9.17, 15) is 9.90 Å². The highest BCUT2D eigenvalue weighted by molar-refractivity contribution is 9.10. The Morgan fingerprint density at radius 1 is 1.41 bits per heavy atom. The molecule has 94 valence electrons. The van der Waals surface area contributed by atoms with Crippen molar-refractivity contribution >= 4 is 21.9 Å². The van der Waals surface area contributed by atoms with Crippen molar-refractivity contribution < 1.29 is 14.6 Å². The third-order valence-corrected chi connectivity index (χ3v) is 3.45. The first-order valence-electron chi connectivity index (χ1n) is 5.70. The van der Waals surface area contributed by atoms with Gasteiger partial charge in [0.25, 0.3) is 0 Å². The van der Waals surface area contributed by atoms with Crippen molar-refractivity contribution in [1.82, 2.24) is 0 Å². The van der Waals surface area contributed by atoms with Crippen LogP contribution in [0.2, 0.25) is 0 Å². The van der Waals surface area contributed by atoms with Gasteiger partial charge in [0, 0.05) is 0 Å². The van der Waals surface area contributed by atoms with Gasteiger partial charge < -0.3 is 9.84 Å². The Balaban J connectivity index is 3.03. The normalized spacial score (nSPS) is 10.3. The molecule has 3 nitrogen and oxygen atoms in total. The smallest absolute Gasteiger partial charge is 0.339 e. The molecule has 0 spiro atoms. The van der Waals surface area contributed by atoms with Crippen molar-refractivity contribution in [2.24, 2.45) is 0 Å². The summed E-state index contributed by atoms with van der Waals surface area (Å²) in [6.45, 7) is 2.13. The molecule has 4 heteroatoms. The first-order chi connectivity index (χ1) is 8.11. The second-order valence-electron chi connectivity index (χ2n) is 3.88. The molecule has 1 N–H and O–H groups in total. The number of phenols is 1.